The molecule has 0 saturated carbocycles. The van der Waals surface area contributed by atoms with Crippen LogP contribution in [0.25, 0.3) is 0 Å². The van der Waals surface area contributed by atoms with Crippen molar-refractivity contribution in [2.24, 2.45) is 0 Å². The van der Waals surface area contributed by atoms with E-state index in [1.165, 1.54) is 36.4 Å². The number of anilines is 1. The Hall–Kier alpha value is -2.02. The Morgan fingerprint density at radius 2 is 1.81 bits per heavy atom. The van der Waals surface area contributed by atoms with E-state index < -0.39 is 18.3 Å². The standard InChI is InChI=1S/C14H9BrF3NO2/c15-12-6-1-8(16)7-11(12)13(20)19-9-2-4-10(5-3-9)21-14(17)18/h1-7,14H,(H,19,20). The molecule has 0 aliphatic rings. The Kier molecular flexibility index (Phi) is 4.85. The lowest BCUT2D eigenvalue weighted by molar-refractivity contribution is -0.0498. The molecule has 0 spiro atoms. The first-order valence-electron chi connectivity index (χ1n) is 5.77. The number of carbonyl (C=O) groups is 1. The molecule has 0 bridgehead atoms. The molecule has 0 aliphatic heterocycles. The van der Waals surface area contributed by atoms with Gasteiger partial charge in [-0.15, -0.1) is 0 Å². The van der Waals surface area contributed by atoms with Crippen molar-refractivity contribution in [3.63, 3.8) is 0 Å². The SMILES string of the molecule is O=C(Nc1ccc(OC(F)F)cc1)c1cc(F)ccc1Br. The molecule has 7 heteroatoms. The van der Waals surface area contributed by atoms with E-state index in [9.17, 15) is 18.0 Å². The molecule has 0 fully saturated rings. The molecule has 0 aromatic heterocycles. The highest BCUT2D eigenvalue weighted by Crippen LogP contribution is 2.21. The maximum atomic E-state index is 13.1. The molecule has 0 atom stereocenters. The Labute approximate surface area is 126 Å². The van der Waals surface area contributed by atoms with Gasteiger partial charge in [0.15, 0.2) is 0 Å². The van der Waals surface area contributed by atoms with Gasteiger partial charge in [-0.1, -0.05) is 0 Å². The van der Waals surface area contributed by atoms with E-state index in [0.29, 0.717) is 10.2 Å². The average molecular weight is 360 g/mol. The van der Waals surface area contributed by atoms with E-state index in [0.717, 1.165) is 6.07 Å². The highest BCUT2D eigenvalue weighted by Gasteiger charge is 2.12. The van der Waals surface area contributed by atoms with Crippen LogP contribution in [-0.2, 0) is 0 Å². The van der Waals surface area contributed by atoms with Gasteiger partial charge in [0, 0.05) is 10.2 Å². The molecule has 0 radical (unpaired) electrons. The molecule has 2 aromatic carbocycles. The lowest BCUT2D eigenvalue weighted by Crippen LogP contribution is -2.13. The lowest BCUT2D eigenvalue weighted by Gasteiger charge is -2.08. The van der Waals surface area contributed by atoms with Crippen molar-refractivity contribution in [3.8, 4) is 5.75 Å². The van der Waals surface area contributed by atoms with Crippen LogP contribution in [0.1, 0.15) is 10.4 Å². The predicted molar refractivity (Wildman–Crippen MR) is 75.1 cm³/mol. The van der Waals surface area contributed by atoms with Crippen molar-refractivity contribution >= 4 is 27.5 Å². The molecule has 0 unspecified atom stereocenters. The third-order valence-electron chi connectivity index (χ3n) is 2.51. The lowest BCUT2D eigenvalue weighted by atomic mass is 10.2. The van der Waals surface area contributed by atoms with Crippen molar-refractivity contribution < 1.29 is 22.7 Å². The van der Waals surface area contributed by atoms with Gasteiger partial charge >= 0.3 is 6.61 Å². The molecule has 3 nitrogen and oxygen atoms in total. The summed E-state index contributed by atoms with van der Waals surface area (Å²) < 4.78 is 41.8. The molecule has 0 saturated heterocycles. The molecule has 0 aliphatic carbocycles. The van der Waals surface area contributed by atoms with Crippen LogP contribution in [0.3, 0.4) is 0 Å². The molecule has 1 amide bonds. The molecule has 0 heterocycles. The number of carbonyl (C=O) groups excluding carboxylic acids is 1. The van der Waals surface area contributed by atoms with Crippen molar-refractivity contribution in [3.05, 3.63) is 58.3 Å². The molecule has 110 valence electrons. The molecular formula is C14H9BrF3NO2. The van der Waals surface area contributed by atoms with Crippen molar-refractivity contribution in [1.29, 1.82) is 0 Å². The third kappa shape index (κ3) is 4.22. The van der Waals surface area contributed by atoms with Crippen LogP contribution in [0.2, 0.25) is 0 Å². The average Bonchev–Trinajstić information content (AvgIpc) is 2.43. The van der Waals surface area contributed by atoms with Gasteiger partial charge in [0.05, 0.1) is 5.56 Å². The fraction of sp³-hybridized carbons (Fsp3) is 0.0714. The van der Waals surface area contributed by atoms with Gasteiger partial charge in [0.1, 0.15) is 11.6 Å². The van der Waals surface area contributed by atoms with E-state index in [1.54, 1.807) is 0 Å². The topological polar surface area (TPSA) is 38.3 Å². The Bertz CT molecular complexity index is 647. The smallest absolute Gasteiger partial charge is 0.387 e. The van der Waals surface area contributed by atoms with Gasteiger partial charge in [0.25, 0.3) is 5.91 Å². The Morgan fingerprint density at radius 3 is 2.43 bits per heavy atom. The quantitative estimate of drug-likeness (QED) is 0.876. The normalized spacial score (nSPS) is 10.5. The van der Waals surface area contributed by atoms with E-state index in [-0.39, 0.29) is 11.3 Å². The summed E-state index contributed by atoms with van der Waals surface area (Å²) in [4.78, 5) is 12.0. The number of hydrogen-bond donors (Lipinski definition) is 1. The number of alkyl halides is 2. The van der Waals surface area contributed by atoms with Crippen molar-refractivity contribution in [1.82, 2.24) is 0 Å². The zero-order chi connectivity index (χ0) is 15.4. The second-order valence-corrected chi connectivity index (χ2v) is 4.84. The van der Waals surface area contributed by atoms with Gasteiger partial charge in [-0.2, -0.15) is 8.78 Å². The minimum Gasteiger partial charge on any atom is -0.435 e. The number of hydrogen-bond acceptors (Lipinski definition) is 2. The van der Waals surface area contributed by atoms with Crippen LogP contribution < -0.4 is 10.1 Å². The first-order chi connectivity index (χ1) is 9.95. The minimum absolute atomic E-state index is 0.0186. The van der Waals surface area contributed by atoms with Crippen molar-refractivity contribution in [2.45, 2.75) is 6.61 Å². The monoisotopic (exact) mass is 359 g/mol. The molecule has 1 N–H and O–H groups in total. The second kappa shape index (κ2) is 6.62. The van der Waals surface area contributed by atoms with E-state index in [4.69, 9.17) is 0 Å². The van der Waals surface area contributed by atoms with Crippen LogP contribution in [0.4, 0.5) is 18.9 Å². The number of benzene rings is 2. The number of halogens is 4. The number of ether oxygens (including phenoxy) is 1. The van der Waals surface area contributed by atoms with E-state index in [1.807, 2.05) is 0 Å². The minimum atomic E-state index is -2.91. The zero-order valence-corrected chi connectivity index (χ0v) is 12.0. The summed E-state index contributed by atoms with van der Waals surface area (Å²) in [5.41, 5.74) is 0.501. The summed E-state index contributed by atoms with van der Waals surface area (Å²) in [6.45, 7) is -2.91. The molecule has 2 rings (SSSR count). The van der Waals surface area contributed by atoms with Gasteiger partial charge in [-0.3, -0.25) is 4.79 Å². The summed E-state index contributed by atoms with van der Waals surface area (Å²) in [5.74, 6) is -1.08. The van der Waals surface area contributed by atoms with Gasteiger partial charge < -0.3 is 10.1 Å². The second-order valence-electron chi connectivity index (χ2n) is 3.98. The first-order valence-corrected chi connectivity index (χ1v) is 6.56. The van der Waals surface area contributed by atoms with Crippen LogP contribution >= 0.6 is 15.9 Å². The molecule has 21 heavy (non-hydrogen) atoms. The predicted octanol–water partition coefficient (Wildman–Crippen LogP) is 4.44. The Morgan fingerprint density at radius 1 is 1.14 bits per heavy atom. The fourth-order valence-electron chi connectivity index (χ4n) is 1.59. The summed E-state index contributed by atoms with van der Waals surface area (Å²) >= 11 is 3.15. The maximum absolute atomic E-state index is 13.1. The Balaban J connectivity index is 2.10. The van der Waals surface area contributed by atoms with Crippen molar-refractivity contribution in [2.75, 3.05) is 5.32 Å². The van der Waals surface area contributed by atoms with Crippen LogP contribution in [0.15, 0.2) is 46.9 Å². The van der Waals surface area contributed by atoms with Gasteiger partial charge in [0.2, 0.25) is 0 Å². The maximum Gasteiger partial charge on any atom is 0.387 e. The number of nitrogens with one attached hydrogen (secondary N) is 1. The molecular weight excluding hydrogens is 351 g/mol. The fourth-order valence-corrected chi connectivity index (χ4v) is 2.02. The number of amides is 1. The molecule has 2 aromatic rings. The third-order valence-corrected chi connectivity index (χ3v) is 3.20. The summed E-state index contributed by atoms with van der Waals surface area (Å²) in [6, 6.07) is 9.13. The van der Waals surface area contributed by atoms with Gasteiger partial charge in [-0.25, -0.2) is 4.39 Å². The van der Waals surface area contributed by atoms with E-state index in [2.05, 4.69) is 26.0 Å². The van der Waals surface area contributed by atoms with Crippen LogP contribution in [-0.4, -0.2) is 12.5 Å². The van der Waals surface area contributed by atoms with Crippen LogP contribution in [0, 0.1) is 5.82 Å². The summed E-state index contributed by atoms with van der Waals surface area (Å²) in [7, 11) is 0. The van der Waals surface area contributed by atoms with Crippen LogP contribution in [0.5, 0.6) is 5.75 Å². The largest absolute Gasteiger partial charge is 0.435 e. The zero-order valence-electron chi connectivity index (χ0n) is 10.4. The van der Waals surface area contributed by atoms with Gasteiger partial charge in [-0.05, 0) is 58.4 Å². The van der Waals surface area contributed by atoms with E-state index >= 15 is 0 Å². The summed E-state index contributed by atoms with van der Waals surface area (Å²) in [6.07, 6.45) is 0. The first kappa shape index (κ1) is 15.4. The highest BCUT2D eigenvalue weighted by atomic mass is 79.9. The highest BCUT2D eigenvalue weighted by molar-refractivity contribution is 9.10. The number of rotatable bonds is 4. The summed E-state index contributed by atoms with van der Waals surface area (Å²) in [5, 5.41) is 2.53.